The van der Waals surface area contributed by atoms with Gasteiger partial charge in [0.15, 0.2) is 0 Å². The first-order chi connectivity index (χ1) is 9.38. The molecule has 1 amide bonds. The number of rotatable bonds is 2. The van der Waals surface area contributed by atoms with Crippen molar-refractivity contribution < 1.29 is 9.90 Å². The Morgan fingerprint density at radius 3 is 2.60 bits per heavy atom. The maximum absolute atomic E-state index is 12.2. The maximum Gasteiger partial charge on any atom is 0.259 e. The molecule has 0 saturated carbocycles. The summed E-state index contributed by atoms with van der Waals surface area (Å²) in [6.45, 7) is 1.89. The van der Waals surface area contributed by atoms with E-state index in [1.54, 1.807) is 6.07 Å². The number of aryl methyl sites for hydroxylation is 1. The van der Waals surface area contributed by atoms with Crippen LogP contribution in [0.4, 0.5) is 5.69 Å². The number of aromatic hydroxyl groups is 1. The van der Waals surface area contributed by atoms with Crippen LogP contribution in [0.5, 0.6) is 5.75 Å². The third kappa shape index (κ3) is 3.37. The summed E-state index contributed by atoms with van der Waals surface area (Å²) in [5, 5.41) is 12.9. The Morgan fingerprint density at radius 2 is 1.95 bits per heavy atom. The molecule has 20 heavy (non-hydrogen) atoms. The number of nitrogens with one attached hydrogen (secondary N) is 1. The summed E-state index contributed by atoms with van der Waals surface area (Å²) in [7, 11) is 0. The van der Waals surface area contributed by atoms with Crippen molar-refractivity contribution in [2.45, 2.75) is 6.92 Å². The number of amides is 1. The Kier molecular flexibility index (Phi) is 4.78. The molecule has 0 saturated heterocycles. The fourth-order valence-corrected chi connectivity index (χ4v) is 2.84. The molecule has 0 heterocycles. The molecule has 6 heteroatoms. The Hall–Kier alpha value is -0.980. The van der Waals surface area contributed by atoms with E-state index >= 15 is 0 Å². The monoisotopic (exact) mass is 421 g/mol. The van der Waals surface area contributed by atoms with Gasteiger partial charge in [0.05, 0.1) is 10.6 Å². The Bertz CT molecular complexity index is 689. The molecule has 3 nitrogen and oxygen atoms in total. The van der Waals surface area contributed by atoms with Crippen molar-refractivity contribution in [1.82, 2.24) is 0 Å². The quantitative estimate of drug-likeness (QED) is 0.680. The molecule has 0 fully saturated rings. The van der Waals surface area contributed by atoms with E-state index < -0.39 is 5.91 Å². The van der Waals surface area contributed by atoms with Gasteiger partial charge in [-0.2, -0.15) is 0 Å². The molecule has 0 spiro atoms. The molecule has 0 aliphatic rings. The van der Waals surface area contributed by atoms with E-state index in [0.717, 1.165) is 9.13 Å². The van der Waals surface area contributed by atoms with Gasteiger partial charge in [0, 0.05) is 14.3 Å². The lowest BCUT2D eigenvalue weighted by molar-refractivity contribution is 0.102. The fraction of sp³-hybridized carbons (Fsp3) is 0.0714. The van der Waals surface area contributed by atoms with Crippen molar-refractivity contribution in [2.24, 2.45) is 0 Å². The number of carbonyl (C=O) groups is 1. The molecule has 0 atom stereocenters. The summed E-state index contributed by atoms with van der Waals surface area (Å²) in [6, 6.07) is 8.39. The molecular formula is C14H10Cl2INO2. The van der Waals surface area contributed by atoms with Crippen molar-refractivity contribution >= 4 is 57.4 Å². The van der Waals surface area contributed by atoms with E-state index in [9.17, 15) is 9.90 Å². The van der Waals surface area contributed by atoms with Crippen LogP contribution in [-0.2, 0) is 0 Å². The molecule has 2 N–H and O–H groups in total. The molecule has 0 aliphatic carbocycles. The van der Waals surface area contributed by atoms with E-state index in [1.807, 2.05) is 19.1 Å². The number of phenolic OH excluding ortho intramolecular Hbond substituents is 1. The third-order valence-corrected chi connectivity index (χ3v) is 3.89. The second-order valence-corrected chi connectivity index (χ2v) is 6.29. The van der Waals surface area contributed by atoms with E-state index in [0.29, 0.717) is 5.69 Å². The molecule has 0 aliphatic heterocycles. The van der Waals surface area contributed by atoms with Gasteiger partial charge in [-0.05, 0) is 65.4 Å². The van der Waals surface area contributed by atoms with Gasteiger partial charge in [0.2, 0.25) is 0 Å². The van der Waals surface area contributed by atoms with Crippen molar-refractivity contribution in [3.05, 3.63) is 55.1 Å². The standard InChI is InChI=1S/C14H10Cl2INO2/c1-7-4-9(17)2-3-12(7)18-14(20)10-5-8(15)6-11(16)13(10)19/h2-6,19H,1H3,(H,18,20). The minimum atomic E-state index is -0.462. The number of hydrogen-bond donors (Lipinski definition) is 2. The summed E-state index contributed by atoms with van der Waals surface area (Å²) in [6.07, 6.45) is 0. The number of carbonyl (C=O) groups excluding carboxylic acids is 1. The second kappa shape index (κ2) is 6.20. The lowest BCUT2D eigenvalue weighted by Crippen LogP contribution is -2.13. The SMILES string of the molecule is Cc1cc(I)ccc1NC(=O)c1cc(Cl)cc(Cl)c1O. The molecular weight excluding hydrogens is 412 g/mol. The van der Waals surface area contributed by atoms with E-state index in [1.165, 1.54) is 12.1 Å². The van der Waals surface area contributed by atoms with Gasteiger partial charge in [-0.15, -0.1) is 0 Å². The topological polar surface area (TPSA) is 49.3 Å². The van der Waals surface area contributed by atoms with Crippen LogP contribution in [0.1, 0.15) is 15.9 Å². The minimum Gasteiger partial charge on any atom is -0.506 e. The van der Waals surface area contributed by atoms with Crippen LogP contribution in [0.3, 0.4) is 0 Å². The van der Waals surface area contributed by atoms with Gasteiger partial charge in [-0.1, -0.05) is 23.2 Å². The summed E-state index contributed by atoms with van der Waals surface area (Å²) >= 11 is 13.8. The predicted molar refractivity (Wildman–Crippen MR) is 90.0 cm³/mol. The van der Waals surface area contributed by atoms with E-state index in [4.69, 9.17) is 23.2 Å². The van der Waals surface area contributed by atoms with Gasteiger partial charge in [-0.25, -0.2) is 0 Å². The van der Waals surface area contributed by atoms with Gasteiger partial charge >= 0.3 is 0 Å². The van der Waals surface area contributed by atoms with Crippen LogP contribution in [-0.4, -0.2) is 11.0 Å². The predicted octanol–water partition coefficient (Wildman–Crippen LogP) is 4.86. The normalized spacial score (nSPS) is 10.4. The highest BCUT2D eigenvalue weighted by atomic mass is 127. The Balaban J connectivity index is 2.33. The van der Waals surface area contributed by atoms with Crippen LogP contribution < -0.4 is 5.32 Å². The Labute approximate surface area is 140 Å². The van der Waals surface area contributed by atoms with Crippen LogP contribution in [0.25, 0.3) is 0 Å². The zero-order valence-corrected chi connectivity index (χ0v) is 14.0. The number of halogens is 3. The van der Waals surface area contributed by atoms with Crippen LogP contribution >= 0.6 is 45.8 Å². The van der Waals surface area contributed by atoms with Gasteiger partial charge in [0.25, 0.3) is 5.91 Å². The highest BCUT2D eigenvalue weighted by molar-refractivity contribution is 14.1. The van der Waals surface area contributed by atoms with Crippen molar-refractivity contribution in [3.8, 4) is 5.75 Å². The summed E-state index contributed by atoms with van der Waals surface area (Å²) in [5.74, 6) is -0.743. The average molecular weight is 422 g/mol. The lowest BCUT2D eigenvalue weighted by atomic mass is 10.1. The van der Waals surface area contributed by atoms with Crippen molar-refractivity contribution in [3.63, 3.8) is 0 Å². The lowest BCUT2D eigenvalue weighted by Gasteiger charge is -2.11. The zero-order valence-electron chi connectivity index (χ0n) is 10.4. The number of anilines is 1. The first-order valence-electron chi connectivity index (χ1n) is 5.64. The van der Waals surface area contributed by atoms with Crippen LogP contribution in [0.2, 0.25) is 10.0 Å². The molecule has 2 aromatic carbocycles. The first kappa shape index (κ1) is 15.4. The third-order valence-electron chi connectivity index (χ3n) is 2.71. The summed E-state index contributed by atoms with van der Waals surface area (Å²) < 4.78 is 1.08. The van der Waals surface area contributed by atoms with Crippen molar-refractivity contribution in [2.75, 3.05) is 5.32 Å². The van der Waals surface area contributed by atoms with Crippen LogP contribution in [0.15, 0.2) is 30.3 Å². The molecule has 0 unspecified atom stereocenters. The van der Waals surface area contributed by atoms with E-state index in [2.05, 4.69) is 27.9 Å². The van der Waals surface area contributed by atoms with E-state index in [-0.39, 0.29) is 21.4 Å². The second-order valence-electron chi connectivity index (χ2n) is 4.20. The smallest absolute Gasteiger partial charge is 0.259 e. The van der Waals surface area contributed by atoms with Gasteiger partial charge in [0.1, 0.15) is 5.75 Å². The summed E-state index contributed by atoms with van der Waals surface area (Å²) in [5.41, 5.74) is 1.64. The van der Waals surface area contributed by atoms with Crippen molar-refractivity contribution in [1.29, 1.82) is 0 Å². The molecule has 2 rings (SSSR count). The van der Waals surface area contributed by atoms with Gasteiger partial charge < -0.3 is 10.4 Å². The fourth-order valence-electron chi connectivity index (χ4n) is 1.70. The highest BCUT2D eigenvalue weighted by Crippen LogP contribution is 2.31. The summed E-state index contributed by atoms with van der Waals surface area (Å²) in [4.78, 5) is 12.2. The number of hydrogen-bond acceptors (Lipinski definition) is 2. The Morgan fingerprint density at radius 1 is 1.25 bits per heavy atom. The molecule has 0 bridgehead atoms. The molecule has 0 radical (unpaired) electrons. The van der Waals surface area contributed by atoms with Gasteiger partial charge in [-0.3, -0.25) is 4.79 Å². The minimum absolute atomic E-state index is 0.0421. The largest absolute Gasteiger partial charge is 0.506 e. The highest BCUT2D eigenvalue weighted by Gasteiger charge is 2.16. The number of phenols is 1. The average Bonchev–Trinajstić information content (AvgIpc) is 2.37. The molecule has 104 valence electrons. The maximum atomic E-state index is 12.2. The number of benzene rings is 2. The molecule has 0 aromatic heterocycles. The molecule has 2 aromatic rings. The zero-order chi connectivity index (χ0) is 14.9. The van der Waals surface area contributed by atoms with Crippen LogP contribution in [0, 0.1) is 10.5 Å². The first-order valence-corrected chi connectivity index (χ1v) is 7.47.